The molecule has 1 amide bonds. The van der Waals surface area contributed by atoms with Crippen LogP contribution in [0.1, 0.15) is 11.1 Å². The highest BCUT2D eigenvalue weighted by atomic mass is 32.2. The maximum atomic E-state index is 12.7. The van der Waals surface area contributed by atoms with Crippen LogP contribution in [-0.4, -0.2) is 52.0 Å². The summed E-state index contributed by atoms with van der Waals surface area (Å²) in [4.78, 5) is 42.9. The Morgan fingerprint density at radius 1 is 0.872 bits per heavy atom. The minimum Gasteiger partial charge on any atom is -0.488 e. The number of amidine groups is 1. The van der Waals surface area contributed by atoms with E-state index in [-0.39, 0.29) is 28.8 Å². The average Bonchev–Trinajstić information content (AvgIpc) is 3.32. The molecule has 0 saturated carbocycles. The molecular formula is C27H23N5O6S. The molecule has 0 bridgehead atoms. The van der Waals surface area contributed by atoms with E-state index in [0.717, 1.165) is 5.56 Å². The van der Waals surface area contributed by atoms with Gasteiger partial charge >= 0.3 is 0 Å². The second-order valence-corrected chi connectivity index (χ2v) is 9.79. The molecule has 1 saturated heterocycles. The predicted molar refractivity (Wildman–Crippen MR) is 149 cm³/mol. The SMILES string of the molecule is O=C1N=C(N2CCN(c3ccccc3[N+](=O)[O-])CC2)SC1=Cc1ccccc1OCc1ccc([N+](=O)[O-])cc1. The zero-order chi connectivity index (χ0) is 27.4. The number of ether oxygens (including phenoxy) is 1. The van der Waals surface area contributed by atoms with E-state index < -0.39 is 4.92 Å². The van der Waals surface area contributed by atoms with E-state index in [2.05, 4.69) is 4.99 Å². The highest BCUT2D eigenvalue weighted by molar-refractivity contribution is 8.18. The molecule has 1 fully saturated rings. The zero-order valence-corrected chi connectivity index (χ0v) is 21.5. The lowest BCUT2D eigenvalue weighted by molar-refractivity contribution is -0.384. The van der Waals surface area contributed by atoms with E-state index in [1.54, 1.807) is 42.5 Å². The fraction of sp³-hybridized carbons (Fsp3) is 0.185. The van der Waals surface area contributed by atoms with Crippen LogP contribution < -0.4 is 9.64 Å². The van der Waals surface area contributed by atoms with Crippen LogP contribution in [0.15, 0.2) is 82.7 Å². The summed E-state index contributed by atoms with van der Waals surface area (Å²) in [5.41, 5.74) is 2.17. The number of carbonyl (C=O) groups is 1. The van der Waals surface area contributed by atoms with Gasteiger partial charge in [0.2, 0.25) is 0 Å². The van der Waals surface area contributed by atoms with Crippen LogP contribution in [0.4, 0.5) is 17.1 Å². The molecule has 12 heteroatoms. The lowest BCUT2D eigenvalue weighted by atomic mass is 10.1. The molecule has 0 unspecified atom stereocenters. The number of non-ortho nitro benzene ring substituents is 1. The molecule has 2 heterocycles. The topological polar surface area (TPSA) is 131 Å². The van der Waals surface area contributed by atoms with Crippen LogP contribution >= 0.6 is 11.8 Å². The van der Waals surface area contributed by atoms with Gasteiger partial charge in [-0.15, -0.1) is 0 Å². The maximum absolute atomic E-state index is 12.7. The number of nitro benzene ring substituents is 2. The van der Waals surface area contributed by atoms with Crippen molar-refractivity contribution in [1.29, 1.82) is 0 Å². The molecule has 3 aromatic carbocycles. The van der Waals surface area contributed by atoms with Crippen LogP contribution in [0.5, 0.6) is 5.75 Å². The summed E-state index contributed by atoms with van der Waals surface area (Å²) in [5, 5.41) is 22.9. The number of para-hydroxylation sites is 3. The quantitative estimate of drug-likeness (QED) is 0.232. The standard InChI is InChI=1S/C27H23N5O6S/c33-26-25(17-20-5-1-4-8-24(20)38-18-19-9-11-21(12-10-19)31(34)35)39-27(28-26)30-15-13-29(14-16-30)22-6-2-3-7-23(22)32(36)37/h1-12,17H,13-16,18H2. The van der Waals surface area contributed by atoms with Crippen molar-refractivity contribution in [3.63, 3.8) is 0 Å². The van der Waals surface area contributed by atoms with E-state index in [0.29, 0.717) is 53.3 Å². The van der Waals surface area contributed by atoms with Crippen molar-refractivity contribution < 1.29 is 19.4 Å². The minimum atomic E-state index is -0.450. The molecule has 0 aliphatic carbocycles. The molecule has 0 atom stereocenters. The van der Waals surface area contributed by atoms with Gasteiger partial charge in [-0.05, 0) is 47.7 Å². The van der Waals surface area contributed by atoms with Gasteiger partial charge in [-0.1, -0.05) is 30.3 Å². The van der Waals surface area contributed by atoms with Gasteiger partial charge in [-0.2, -0.15) is 4.99 Å². The molecular weight excluding hydrogens is 522 g/mol. The van der Waals surface area contributed by atoms with Crippen LogP contribution in [-0.2, 0) is 11.4 Å². The molecule has 0 aromatic heterocycles. The molecule has 2 aliphatic rings. The Kier molecular flexibility index (Phi) is 7.55. The van der Waals surface area contributed by atoms with E-state index in [1.165, 1.54) is 30.0 Å². The second kappa shape index (κ2) is 11.4. The van der Waals surface area contributed by atoms with Crippen molar-refractivity contribution in [2.24, 2.45) is 4.99 Å². The lowest BCUT2D eigenvalue weighted by Gasteiger charge is -2.36. The molecule has 0 spiro atoms. The van der Waals surface area contributed by atoms with Crippen molar-refractivity contribution in [1.82, 2.24) is 4.90 Å². The fourth-order valence-corrected chi connectivity index (χ4v) is 5.26. The Morgan fingerprint density at radius 3 is 2.26 bits per heavy atom. The van der Waals surface area contributed by atoms with Crippen molar-refractivity contribution >= 4 is 46.0 Å². The number of benzene rings is 3. The third kappa shape index (κ3) is 5.91. The molecule has 2 aliphatic heterocycles. The molecule has 0 N–H and O–H groups in total. The number of carbonyl (C=O) groups excluding carboxylic acids is 1. The van der Waals surface area contributed by atoms with Gasteiger partial charge in [0.1, 0.15) is 18.0 Å². The summed E-state index contributed by atoms with van der Waals surface area (Å²) in [5.74, 6) is 0.240. The monoisotopic (exact) mass is 545 g/mol. The van der Waals surface area contributed by atoms with Crippen LogP contribution in [0.2, 0.25) is 0 Å². The fourth-order valence-electron chi connectivity index (χ4n) is 4.31. The van der Waals surface area contributed by atoms with Crippen LogP contribution in [0.25, 0.3) is 6.08 Å². The highest BCUT2D eigenvalue weighted by Gasteiger charge is 2.30. The van der Waals surface area contributed by atoms with Crippen LogP contribution in [0.3, 0.4) is 0 Å². The molecule has 39 heavy (non-hydrogen) atoms. The van der Waals surface area contributed by atoms with Crippen molar-refractivity contribution in [3.05, 3.63) is 109 Å². The van der Waals surface area contributed by atoms with Gasteiger partial charge in [0.25, 0.3) is 17.3 Å². The Balaban J connectivity index is 1.22. The van der Waals surface area contributed by atoms with Gasteiger partial charge in [-0.25, -0.2) is 0 Å². The Labute approximate surface area is 227 Å². The van der Waals surface area contributed by atoms with Crippen molar-refractivity contribution in [2.45, 2.75) is 6.61 Å². The number of hydrogen-bond acceptors (Lipinski definition) is 9. The number of thioether (sulfide) groups is 1. The molecule has 5 rings (SSSR count). The summed E-state index contributed by atoms with van der Waals surface area (Å²) in [6, 6.07) is 20.2. The first-order chi connectivity index (χ1) is 18.9. The number of nitro groups is 2. The molecule has 11 nitrogen and oxygen atoms in total. The summed E-state index contributed by atoms with van der Waals surface area (Å²) >= 11 is 1.29. The van der Waals surface area contributed by atoms with Crippen molar-refractivity contribution in [3.8, 4) is 5.75 Å². The van der Waals surface area contributed by atoms with E-state index in [9.17, 15) is 25.0 Å². The number of anilines is 1. The number of rotatable bonds is 7. The first kappa shape index (κ1) is 25.9. The van der Waals surface area contributed by atoms with E-state index in [4.69, 9.17) is 4.74 Å². The molecule has 0 radical (unpaired) electrons. The molecule has 3 aromatic rings. The third-order valence-corrected chi connectivity index (χ3v) is 7.37. The van der Waals surface area contributed by atoms with Crippen molar-refractivity contribution in [2.75, 3.05) is 31.1 Å². The predicted octanol–water partition coefficient (Wildman–Crippen LogP) is 4.87. The van der Waals surface area contributed by atoms with E-state index >= 15 is 0 Å². The summed E-state index contributed by atoms with van der Waals surface area (Å²) in [7, 11) is 0. The summed E-state index contributed by atoms with van der Waals surface area (Å²) < 4.78 is 5.96. The van der Waals surface area contributed by atoms with Gasteiger partial charge in [0.05, 0.1) is 14.8 Å². The maximum Gasteiger partial charge on any atom is 0.292 e. The van der Waals surface area contributed by atoms with Gasteiger partial charge in [0.15, 0.2) is 5.17 Å². The van der Waals surface area contributed by atoms with Gasteiger partial charge in [0, 0.05) is 49.9 Å². The van der Waals surface area contributed by atoms with Gasteiger partial charge < -0.3 is 14.5 Å². The van der Waals surface area contributed by atoms with Crippen LogP contribution in [0, 0.1) is 20.2 Å². The third-order valence-electron chi connectivity index (χ3n) is 6.33. The number of aliphatic imine (C=N–C) groups is 1. The Hall–Kier alpha value is -4.71. The van der Waals surface area contributed by atoms with E-state index in [1.807, 2.05) is 28.0 Å². The first-order valence-electron chi connectivity index (χ1n) is 12.1. The Morgan fingerprint density at radius 2 is 1.54 bits per heavy atom. The second-order valence-electron chi connectivity index (χ2n) is 8.78. The number of nitrogens with zero attached hydrogens (tertiary/aromatic N) is 5. The molecule has 198 valence electrons. The first-order valence-corrected chi connectivity index (χ1v) is 12.9. The number of hydrogen-bond donors (Lipinski definition) is 0. The number of piperazine rings is 1. The minimum absolute atomic E-state index is 0.0132. The summed E-state index contributed by atoms with van der Waals surface area (Å²) in [6.07, 6.45) is 1.75. The highest BCUT2D eigenvalue weighted by Crippen LogP contribution is 2.34. The smallest absolute Gasteiger partial charge is 0.292 e. The normalized spacial score (nSPS) is 16.4. The average molecular weight is 546 g/mol. The largest absolute Gasteiger partial charge is 0.488 e. The number of amides is 1. The Bertz CT molecular complexity index is 1480. The van der Waals surface area contributed by atoms with Gasteiger partial charge in [-0.3, -0.25) is 25.0 Å². The zero-order valence-electron chi connectivity index (χ0n) is 20.6. The summed E-state index contributed by atoms with van der Waals surface area (Å²) in [6.45, 7) is 2.50. The lowest BCUT2D eigenvalue weighted by Crippen LogP contribution is -2.48.